The fourth-order valence-electron chi connectivity index (χ4n) is 5.35. The van der Waals surface area contributed by atoms with Crippen LogP contribution in [0.2, 0.25) is 0 Å². The molecular weight excluding hydrogens is 458 g/mol. The van der Waals surface area contributed by atoms with Gasteiger partial charge in [0.05, 0.1) is 23.1 Å². The molecule has 0 bridgehead atoms. The number of carbonyl (C=O) groups is 3. The van der Waals surface area contributed by atoms with Gasteiger partial charge in [-0.05, 0) is 43.9 Å². The molecule has 10 heteroatoms. The maximum atomic E-state index is 13.2. The molecule has 1 aromatic carbocycles. The zero-order chi connectivity index (χ0) is 24.3. The summed E-state index contributed by atoms with van der Waals surface area (Å²) in [5.74, 6) is -0.869. The van der Waals surface area contributed by atoms with Gasteiger partial charge in [0, 0.05) is 19.5 Å². The summed E-state index contributed by atoms with van der Waals surface area (Å²) in [6.45, 7) is 0.541. The molecule has 3 aliphatic rings. The predicted molar refractivity (Wildman–Crippen MR) is 126 cm³/mol. The predicted octanol–water partition coefficient (Wildman–Crippen LogP) is 2.91. The van der Waals surface area contributed by atoms with Crippen molar-refractivity contribution in [1.29, 1.82) is 0 Å². The van der Waals surface area contributed by atoms with Crippen molar-refractivity contribution in [3.63, 3.8) is 0 Å². The van der Waals surface area contributed by atoms with E-state index in [1.165, 1.54) is 29.6 Å². The highest BCUT2D eigenvalue weighted by Crippen LogP contribution is 2.45. The zero-order valence-corrected chi connectivity index (χ0v) is 20.5. The molecule has 2 aliphatic heterocycles. The summed E-state index contributed by atoms with van der Waals surface area (Å²) in [7, 11) is -2.29. The van der Waals surface area contributed by atoms with Crippen LogP contribution in [-0.2, 0) is 24.4 Å². The fraction of sp³-hybridized carbons (Fsp3) is 0.625. The highest BCUT2D eigenvalue weighted by molar-refractivity contribution is 7.89. The number of anilines is 1. The Morgan fingerprint density at radius 2 is 1.68 bits per heavy atom. The average molecular weight is 492 g/mol. The third kappa shape index (κ3) is 4.84. The second-order valence-corrected chi connectivity index (χ2v) is 11.5. The summed E-state index contributed by atoms with van der Waals surface area (Å²) in [5.41, 5.74) is -0.469. The number of hydrogen-bond donors (Lipinski definition) is 1. The summed E-state index contributed by atoms with van der Waals surface area (Å²) >= 11 is 0. The number of nitrogens with zero attached hydrogens (tertiary/aromatic N) is 2. The van der Waals surface area contributed by atoms with Crippen LogP contribution in [0.3, 0.4) is 0 Å². The van der Waals surface area contributed by atoms with Crippen LogP contribution in [-0.4, -0.2) is 62.1 Å². The van der Waals surface area contributed by atoms with Gasteiger partial charge in [0.15, 0.2) is 0 Å². The number of sulfonamides is 1. The smallest absolute Gasteiger partial charge is 0.244 e. The minimum atomic E-state index is -3.72. The van der Waals surface area contributed by atoms with Gasteiger partial charge in [-0.15, -0.1) is 0 Å². The summed E-state index contributed by atoms with van der Waals surface area (Å²) in [6.07, 6.45) is 8.04. The molecule has 3 fully saturated rings. The second-order valence-electron chi connectivity index (χ2n) is 9.53. The van der Waals surface area contributed by atoms with Crippen molar-refractivity contribution < 1.29 is 27.5 Å². The van der Waals surface area contributed by atoms with Crippen molar-refractivity contribution in [3.8, 4) is 5.75 Å². The second kappa shape index (κ2) is 10.0. The van der Waals surface area contributed by atoms with Gasteiger partial charge in [-0.2, -0.15) is 4.31 Å². The van der Waals surface area contributed by atoms with E-state index in [0.717, 1.165) is 49.8 Å². The molecule has 1 saturated carbocycles. The molecule has 0 atom stereocenters. The first-order valence-corrected chi connectivity index (χ1v) is 13.5. The molecule has 1 aliphatic carbocycles. The molecule has 9 nitrogen and oxygen atoms in total. The van der Waals surface area contributed by atoms with Crippen LogP contribution < -0.4 is 10.1 Å². The molecule has 0 aromatic heterocycles. The summed E-state index contributed by atoms with van der Waals surface area (Å²) in [5, 5.41) is 2.66. The molecule has 0 radical (unpaired) electrons. The number of imide groups is 1. The summed E-state index contributed by atoms with van der Waals surface area (Å²) < 4.78 is 33.2. The Balaban J connectivity index is 1.50. The molecule has 3 amide bonds. The topological polar surface area (TPSA) is 113 Å². The van der Waals surface area contributed by atoms with Crippen molar-refractivity contribution in [3.05, 3.63) is 18.2 Å². The van der Waals surface area contributed by atoms with Crippen LogP contribution in [0, 0.1) is 5.41 Å². The van der Waals surface area contributed by atoms with E-state index in [2.05, 4.69) is 5.32 Å². The van der Waals surface area contributed by atoms with E-state index in [1.54, 1.807) is 0 Å². The fourth-order valence-corrected chi connectivity index (χ4v) is 6.89. The number of methoxy groups -OCH3 is 1. The number of carbonyl (C=O) groups excluding carboxylic acids is 3. The third-order valence-corrected chi connectivity index (χ3v) is 9.14. The molecule has 1 aromatic rings. The van der Waals surface area contributed by atoms with Crippen molar-refractivity contribution >= 4 is 33.4 Å². The third-order valence-electron chi connectivity index (χ3n) is 7.25. The van der Waals surface area contributed by atoms with E-state index in [0.29, 0.717) is 31.7 Å². The van der Waals surface area contributed by atoms with E-state index in [1.807, 2.05) is 0 Å². The Bertz CT molecular complexity index is 1060. The largest absolute Gasteiger partial charge is 0.495 e. The maximum absolute atomic E-state index is 13.2. The molecule has 0 unspecified atom stereocenters. The van der Waals surface area contributed by atoms with E-state index >= 15 is 0 Å². The number of nitrogens with one attached hydrogen (secondary N) is 1. The lowest BCUT2D eigenvalue weighted by Crippen LogP contribution is -2.41. The van der Waals surface area contributed by atoms with Gasteiger partial charge in [-0.1, -0.05) is 32.1 Å². The highest BCUT2D eigenvalue weighted by atomic mass is 32.2. The number of ether oxygens (including phenoxy) is 1. The van der Waals surface area contributed by atoms with Gasteiger partial charge in [0.1, 0.15) is 12.3 Å². The van der Waals surface area contributed by atoms with Gasteiger partial charge in [0.2, 0.25) is 27.7 Å². The van der Waals surface area contributed by atoms with Gasteiger partial charge < -0.3 is 10.1 Å². The van der Waals surface area contributed by atoms with Crippen molar-refractivity contribution in [2.45, 2.75) is 69.1 Å². The van der Waals surface area contributed by atoms with Gasteiger partial charge >= 0.3 is 0 Å². The quantitative estimate of drug-likeness (QED) is 0.612. The molecule has 2 heterocycles. The Morgan fingerprint density at radius 1 is 1.03 bits per heavy atom. The van der Waals surface area contributed by atoms with E-state index < -0.39 is 27.9 Å². The first-order valence-electron chi connectivity index (χ1n) is 12.1. The lowest BCUT2D eigenvalue weighted by atomic mass is 9.73. The minimum absolute atomic E-state index is 0.0694. The van der Waals surface area contributed by atoms with E-state index in [4.69, 9.17) is 4.74 Å². The lowest BCUT2D eigenvalue weighted by Gasteiger charge is -2.30. The van der Waals surface area contributed by atoms with Gasteiger partial charge in [0.25, 0.3) is 0 Å². The summed E-state index contributed by atoms with van der Waals surface area (Å²) in [4.78, 5) is 39.5. The van der Waals surface area contributed by atoms with Crippen molar-refractivity contribution in [2.75, 3.05) is 32.1 Å². The normalized spacial score (nSPS) is 21.5. The van der Waals surface area contributed by atoms with Crippen LogP contribution in [0.25, 0.3) is 0 Å². The first-order chi connectivity index (χ1) is 16.3. The number of hydrogen-bond acceptors (Lipinski definition) is 6. The zero-order valence-electron chi connectivity index (χ0n) is 19.7. The molecule has 1 spiro atoms. The van der Waals surface area contributed by atoms with Crippen LogP contribution in [0.4, 0.5) is 5.69 Å². The minimum Gasteiger partial charge on any atom is -0.495 e. The Hall–Kier alpha value is -2.46. The maximum Gasteiger partial charge on any atom is 0.244 e. The SMILES string of the molecule is COc1ccc(S(=O)(=O)N2CCCCCC2)cc1NC(=O)CN1C(=O)CC2(CCCCC2)C1=O. The van der Waals surface area contributed by atoms with Gasteiger partial charge in [-0.25, -0.2) is 8.42 Å². The first kappa shape index (κ1) is 24.7. The monoisotopic (exact) mass is 491 g/mol. The number of rotatable bonds is 6. The molecule has 1 N–H and O–H groups in total. The average Bonchev–Trinajstić information content (AvgIpc) is 3.03. The number of amides is 3. The molecule has 4 rings (SSSR count). The Morgan fingerprint density at radius 3 is 2.32 bits per heavy atom. The molecular formula is C24H33N3O6S. The molecule has 186 valence electrons. The Kier molecular flexibility index (Phi) is 7.28. The van der Waals surface area contributed by atoms with E-state index in [9.17, 15) is 22.8 Å². The van der Waals surface area contributed by atoms with Crippen LogP contribution in [0.1, 0.15) is 64.2 Å². The molecule has 34 heavy (non-hydrogen) atoms. The van der Waals surface area contributed by atoms with Crippen molar-refractivity contribution in [2.24, 2.45) is 5.41 Å². The highest BCUT2D eigenvalue weighted by Gasteiger charge is 2.51. The standard InChI is InChI=1S/C24H33N3O6S/c1-33-20-10-9-18(34(31,32)26-13-7-2-3-8-14-26)15-19(20)25-21(28)17-27-22(29)16-24(23(27)30)11-5-4-6-12-24/h9-10,15H,2-8,11-14,16-17H2,1H3,(H,25,28). The number of benzene rings is 1. The lowest BCUT2D eigenvalue weighted by molar-refractivity contribution is -0.144. The van der Waals surface area contributed by atoms with Crippen LogP contribution >= 0.6 is 0 Å². The van der Waals surface area contributed by atoms with E-state index in [-0.39, 0.29) is 28.8 Å². The van der Waals surface area contributed by atoms with Crippen LogP contribution in [0.5, 0.6) is 5.75 Å². The Labute approximate surface area is 200 Å². The van der Waals surface area contributed by atoms with Crippen molar-refractivity contribution in [1.82, 2.24) is 9.21 Å². The van der Waals surface area contributed by atoms with Gasteiger partial charge in [-0.3, -0.25) is 19.3 Å². The van der Waals surface area contributed by atoms with Crippen LogP contribution in [0.15, 0.2) is 23.1 Å². The summed E-state index contributed by atoms with van der Waals surface area (Å²) in [6, 6.07) is 4.35. The molecule has 2 saturated heterocycles. The number of likely N-dealkylation sites (tertiary alicyclic amines) is 1.